The van der Waals surface area contributed by atoms with Crippen molar-refractivity contribution in [3.63, 3.8) is 0 Å². The number of ether oxygens (including phenoxy) is 1. The molecule has 23 heavy (non-hydrogen) atoms. The van der Waals surface area contributed by atoms with Gasteiger partial charge in [-0.2, -0.15) is 13.9 Å². The number of halogens is 2. The van der Waals surface area contributed by atoms with Crippen LogP contribution in [0.4, 0.5) is 13.9 Å². The van der Waals surface area contributed by atoms with Crippen molar-refractivity contribution in [1.29, 1.82) is 0 Å². The number of hydrogen-bond donors (Lipinski definition) is 1. The fraction of sp³-hybridized carbons (Fsp3) is 0.214. The standard InChI is InChI=1S/C14H12F2N4O2S/c1-2-20-10(5-6-17-20)12(21)19-14-18-9-4-3-8(22-13(15)16)7-11(9)23-14/h3-7,13H,2H2,1H3,(H,18,19,21). The minimum Gasteiger partial charge on any atom is -0.435 e. The van der Waals surface area contributed by atoms with Gasteiger partial charge in [-0.05, 0) is 31.2 Å². The minimum absolute atomic E-state index is 0.0538. The highest BCUT2D eigenvalue weighted by molar-refractivity contribution is 7.22. The highest BCUT2D eigenvalue weighted by atomic mass is 32.1. The van der Waals surface area contributed by atoms with Crippen LogP contribution in [0.3, 0.4) is 0 Å². The Labute approximate surface area is 133 Å². The summed E-state index contributed by atoms with van der Waals surface area (Å²) in [6.45, 7) is -0.426. The molecule has 1 amide bonds. The number of nitrogens with one attached hydrogen (secondary N) is 1. The highest BCUT2D eigenvalue weighted by Gasteiger charge is 2.14. The van der Waals surface area contributed by atoms with Crippen molar-refractivity contribution in [3.8, 4) is 5.75 Å². The van der Waals surface area contributed by atoms with E-state index in [4.69, 9.17) is 0 Å². The summed E-state index contributed by atoms with van der Waals surface area (Å²) < 4.78 is 31.0. The van der Waals surface area contributed by atoms with Crippen molar-refractivity contribution in [1.82, 2.24) is 14.8 Å². The topological polar surface area (TPSA) is 69.0 Å². The summed E-state index contributed by atoms with van der Waals surface area (Å²) in [5.74, 6) is -0.273. The zero-order valence-electron chi connectivity index (χ0n) is 12.0. The van der Waals surface area contributed by atoms with Crippen LogP contribution in [-0.4, -0.2) is 27.3 Å². The summed E-state index contributed by atoms with van der Waals surface area (Å²) >= 11 is 1.18. The van der Waals surface area contributed by atoms with E-state index in [0.717, 1.165) is 0 Å². The van der Waals surface area contributed by atoms with E-state index in [2.05, 4.69) is 20.1 Å². The number of aryl methyl sites for hydroxylation is 1. The maximum atomic E-state index is 12.2. The molecule has 0 fully saturated rings. The number of amides is 1. The molecule has 3 aromatic rings. The van der Waals surface area contributed by atoms with Crippen LogP contribution < -0.4 is 10.1 Å². The van der Waals surface area contributed by atoms with Crippen LogP contribution in [0.2, 0.25) is 0 Å². The first-order valence-electron chi connectivity index (χ1n) is 6.75. The zero-order chi connectivity index (χ0) is 16.4. The molecule has 2 aromatic heterocycles. The number of anilines is 1. The van der Waals surface area contributed by atoms with E-state index in [1.54, 1.807) is 23.0 Å². The van der Waals surface area contributed by atoms with Crippen molar-refractivity contribution in [2.24, 2.45) is 0 Å². The first-order valence-corrected chi connectivity index (χ1v) is 7.57. The van der Waals surface area contributed by atoms with Gasteiger partial charge < -0.3 is 4.74 Å². The number of carbonyl (C=O) groups is 1. The van der Waals surface area contributed by atoms with Crippen molar-refractivity contribution in [2.45, 2.75) is 20.1 Å². The molecule has 0 atom stereocenters. The van der Waals surface area contributed by atoms with Crippen LogP contribution in [0.5, 0.6) is 5.75 Å². The number of nitrogens with zero attached hydrogens (tertiary/aromatic N) is 3. The molecular formula is C14H12F2N4O2S. The highest BCUT2D eigenvalue weighted by Crippen LogP contribution is 2.30. The van der Waals surface area contributed by atoms with E-state index in [-0.39, 0.29) is 11.7 Å². The van der Waals surface area contributed by atoms with Gasteiger partial charge in [-0.25, -0.2) is 4.98 Å². The van der Waals surface area contributed by atoms with Crippen LogP contribution in [0, 0.1) is 0 Å². The van der Waals surface area contributed by atoms with Gasteiger partial charge in [0.05, 0.1) is 10.2 Å². The number of aromatic nitrogens is 3. The molecular weight excluding hydrogens is 326 g/mol. The molecule has 0 saturated carbocycles. The smallest absolute Gasteiger partial charge is 0.387 e. The van der Waals surface area contributed by atoms with E-state index in [1.807, 2.05) is 6.92 Å². The van der Waals surface area contributed by atoms with E-state index in [9.17, 15) is 13.6 Å². The second-order valence-electron chi connectivity index (χ2n) is 4.51. The number of alkyl halides is 2. The van der Waals surface area contributed by atoms with Crippen LogP contribution in [-0.2, 0) is 6.54 Å². The summed E-state index contributed by atoms with van der Waals surface area (Å²) in [7, 11) is 0. The van der Waals surface area contributed by atoms with Crippen LogP contribution in [0.15, 0.2) is 30.5 Å². The Bertz CT molecular complexity index is 846. The lowest BCUT2D eigenvalue weighted by Crippen LogP contribution is -2.17. The molecule has 2 heterocycles. The Morgan fingerprint density at radius 2 is 2.26 bits per heavy atom. The Kier molecular flexibility index (Phi) is 4.20. The third kappa shape index (κ3) is 3.29. The van der Waals surface area contributed by atoms with Gasteiger partial charge in [-0.1, -0.05) is 11.3 Å². The molecule has 0 radical (unpaired) electrons. The van der Waals surface area contributed by atoms with Crippen LogP contribution in [0.1, 0.15) is 17.4 Å². The Balaban J connectivity index is 1.82. The quantitative estimate of drug-likeness (QED) is 0.774. The predicted octanol–water partition coefficient (Wildman–Crippen LogP) is 3.37. The van der Waals surface area contributed by atoms with Gasteiger partial charge in [0.25, 0.3) is 5.91 Å². The van der Waals surface area contributed by atoms with Crippen LogP contribution >= 0.6 is 11.3 Å². The second-order valence-corrected chi connectivity index (χ2v) is 5.54. The van der Waals surface area contributed by atoms with Gasteiger partial charge in [-0.15, -0.1) is 0 Å². The van der Waals surface area contributed by atoms with E-state index in [1.165, 1.54) is 23.5 Å². The Morgan fingerprint density at radius 3 is 3.00 bits per heavy atom. The number of benzene rings is 1. The molecule has 1 N–H and O–H groups in total. The third-order valence-electron chi connectivity index (χ3n) is 3.05. The molecule has 6 nitrogen and oxygen atoms in total. The molecule has 0 aliphatic carbocycles. The number of hydrogen-bond acceptors (Lipinski definition) is 5. The fourth-order valence-electron chi connectivity index (χ4n) is 2.07. The molecule has 0 spiro atoms. The van der Waals surface area contributed by atoms with Crippen molar-refractivity contribution < 1.29 is 18.3 Å². The lowest BCUT2D eigenvalue weighted by atomic mass is 10.3. The number of carbonyl (C=O) groups excluding carboxylic acids is 1. The normalized spacial score (nSPS) is 11.1. The molecule has 120 valence electrons. The lowest BCUT2D eigenvalue weighted by Gasteiger charge is -2.03. The molecule has 3 rings (SSSR count). The van der Waals surface area contributed by atoms with Gasteiger partial charge in [0.15, 0.2) is 5.13 Å². The van der Waals surface area contributed by atoms with Crippen LogP contribution in [0.25, 0.3) is 10.2 Å². The maximum Gasteiger partial charge on any atom is 0.387 e. The second kappa shape index (κ2) is 6.29. The monoisotopic (exact) mass is 338 g/mol. The Morgan fingerprint density at radius 1 is 1.43 bits per heavy atom. The van der Waals surface area contributed by atoms with Gasteiger partial charge >= 0.3 is 6.61 Å². The molecule has 0 saturated heterocycles. The fourth-order valence-corrected chi connectivity index (χ4v) is 2.96. The first kappa shape index (κ1) is 15.3. The maximum absolute atomic E-state index is 12.2. The number of thiazole rings is 1. The summed E-state index contributed by atoms with van der Waals surface area (Å²) in [6.07, 6.45) is 1.55. The molecule has 1 aromatic carbocycles. The summed E-state index contributed by atoms with van der Waals surface area (Å²) in [5, 5.41) is 7.10. The summed E-state index contributed by atoms with van der Waals surface area (Å²) in [4.78, 5) is 16.5. The first-order chi connectivity index (χ1) is 11.1. The molecule has 9 heteroatoms. The minimum atomic E-state index is -2.88. The average molecular weight is 338 g/mol. The zero-order valence-corrected chi connectivity index (χ0v) is 12.8. The lowest BCUT2D eigenvalue weighted by molar-refractivity contribution is -0.0497. The predicted molar refractivity (Wildman–Crippen MR) is 82.1 cm³/mol. The molecule has 0 unspecified atom stereocenters. The average Bonchev–Trinajstić information content (AvgIpc) is 3.11. The van der Waals surface area contributed by atoms with Gasteiger partial charge in [0.2, 0.25) is 0 Å². The Hall–Kier alpha value is -2.55. The van der Waals surface area contributed by atoms with Gasteiger partial charge in [0, 0.05) is 12.7 Å². The molecule has 0 bridgehead atoms. The third-order valence-corrected chi connectivity index (χ3v) is 3.99. The number of rotatable bonds is 5. The van der Waals surface area contributed by atoms with Crippen molar-refractivity contribution in [2.75, 3.05) is 5.32 Å². The SMILES string of the molecule is CCn1nccc1C(=O)Nc1nc2ccc(OC(F)F)cc2s1. The molecule has 0 aliphatic heterocycles. The van der Waals surface area contributed by atoms with E-state index >= 15 is 0 Å². The van der Waals surface area contributed by atoms with Crippen molar-refractivity contribution in [3.05, 3.63) is 36.2 Å². The largest absolute Gasteiger partial charge is 0.435 e. The summed E-state index contributed by atoms with van der Waals surface area (Å²) in [5.41, 5.74) is 1.02. The van der Waals surface area contributed by atoms with Gasteiger partial charge in [-0.3, -0.25) is 14.8 Å². The van der Waals surface area contributed by atoms with Gasteiger partial charge in [0.1, 0.15) is 11.4 Å². The van der Waals surface area contributed by atoms with E-state index in [0.29, 0.717) is 27.6 Å². The summed E-state index contributed by atoms with van der Waals surface area (Å²) in [6, 6.07) is 6.05. The number of fused-ring (bicyclic) bond motifs is 1. The molecule has 0 aliphatic rings. The van der Waals surface area contributed by atoms with Crippen molar-refractivity contribution >= 4 is 32.6 Å². The van der Waals surface area contributed by atoms with E-state index < -0.39 is 6.61 Å².